The monoisotopic (exact) mass is 389 g/mol. The van der Waals surface area contributed by atoms with E-state index in [0.29, 0.717) is 28.5 Å². The highest BCUT2D eigenvalue weighted by Gasteiger charge is 2.25. The summed E-state index contributed by atoms with van der Waals surface area (Å²) in [5.74, 6) is -0.157. The number of aromatic nitrogens is 3. The molecule has 0 amide bonds. The number of rotatable bonds is 3. The van der Waals surface area contributed by atoms with E-state index in [0.717, 1.165) is 5.56 Å². The number of pyridine rings is 2. The number of fused-ring (bicyclic) bond motifs is 1. The van der Waals surface area contributed by atoms with Crippen molar-refractivity contribution in [2.45, 2.75) is 6.54 Å². The normalized spacial score (nSPS) is 10.7. The SMILES string of the molecule is N#Cc1ccc(-c2c(O)[n+](Cc3ccc(Cl)nc3)c3ccccn3c2=O)cc1. The highest BCUT2D eigenvalue weighted by molar-refractivity contribution is 6.29. The zero-order chi connectivity index (χ0) is 19.7. The Labute approximate surface area is 165 Å². The van der Waals surface area contributed by atoms with E-state index in [1.807, 2.05) is 12.1 Å². The molecule has 4 rings (SSSR count). The number of nitrogens with zero attached hydrogens (tertiary/aromatic N) is 4. The standard InChI is InChI=1S/C21H13ClN4O2/c22-17-9-6-15(12-24-17)13-26-18-3-1-2-10-25(18)20(27)19(21(26)28)16-7-4-14(11-23)5-8-16/h1-10,12H,13H2/p+1. The summed E-state index contributed by atoms with van der Waals surface area (Å²) in [6.07, 6.45) is 3.28. The summed E-state index contributed by atoms with van der Waals surface area (Å²) in [6.45, 7) is 0.299. The molecule has 0 unspecified atom stereocenters. The molecule has 4 aromatic rings. The molecule has 0 aliphatic rings. The van der Waals surface area contributed by atoms with E-state index < -0.39 is 0 Å². The minimum atomic E-state index is -0.344. The van der Waals surface area contributed by atoms with Crippen LogP contribution in [0.25, 0.3) is 16.8 Å². The van der Waals surface area contributed by atoms with E-state index in [1.165, 1.54) is 4.40 Å². The van der Waals surface area contributed by atoms with Gasteiger partial charge in [0.05, 0.1) is 17.8 Å². The molecule has 0 bridgehead atoms. The minimum Gasteiger partial charge on any atom is -0.477 e. The van der Waals surface area contributed by atoms with Crippen molar-refractivity contribution in [1.29, 1.82) is 5.26 Å². The second-order valence-electron chi connectivity index (χ2n) is 6.20. The van der Waals surface area contributed by atoms with Crippen LogP contribution in [0.2, 0.25) is 5.15 Å². The molecule has 0 aliphatic heterocycles. The summed E-state index contributed by atoms with van der Waals surface area (Å²) >= 11 is 5.86. The maximum atomic E-state index is 13.0. The molecular weight excluding hydrogens is 376 g/mol. The van der Waals surface area contributed by atoms with E-state index in [1.54, 1.807) is 65.5 Å². The molecule has 3 aromatic heterocycles. The third-order valence-corrected chi connectivity index (χ3v) is 4.68. The van der Waals surface area contributed by atoms with Crippen LogP contribution in [0.3, 0.4) is 0 Å². The van der Waals surface area contributed by atoms with Gasteiger partial charge in [0.25, 0.3) is 11.5 Å². The van der Waals surface area contributed by atoms with Gasteiger partial charge in [-0.3, -0.25) is 0 Å². The Kier molecular flexibility index (Phi) is 4.52. The van der Waals surface area contributed by atoms with Gasteiger partial charge < -0.3 is 5.11 Å². The van der Waals surface area contributed by atoms with Crippen molar-refractivity contribution >= 4 is 17.2 Å². The molecule has 28 heavy (non-hydrogen) atoms. The lowest BCUT2D eigenvalue weighted by atomic mass is 10.1. The van der Waals surface area contributed by atoms with Crippen LogP contribution in [0, 0.1) is 11.3 Å². The molecule has 0 atom stereocenters. The third-order valence-electron chi connectivity index (χ3n) is 4.46. The molecule has 0 radical (unpaired) electrons. The van der Waals surface area contributed by atoms with E-state index in [-0.39, 0.29) is 17.0 Å². The summed E-state index contributed by atoms with van der Waals surface area (Å²) in [7, 11) is 0. The van der Waals surface area contributed by atoms with Crippen LogP contribution in [0.5, 0.6) is 5.88 Å². The topological polar surface area (TPSA) is 82.3 Å². The van der Waals surface area contributed by atoms with E-state index in [2.05, 4.69) is 4.98 Å². The van der Waals surface area contributed by atoms with Gasteiger partial charge in [-0.05, 0) is 29.8 Å². The molecule has 6 nitrogen and oxygen atoms in total. The Morgan fingerprint density at radius 3 is 2.61 bits per heavy atom. The van der Waals surface area contributed by atoms with Gasteiger partial charge in [-0.1, -0.05) is 35.9 Å². The van der Waals surface area contributed by atoms with Gasteiger partial charge in [0.1, 0.15) is 11.7 Å². The maximum absolute atomic E-state index is 13.0. The molecule has 1 aromatic carbocycles. The Bertz CT molecular complexity index is 1270. The quantitative estimate of drug-likeness (QED) is 0.431. The smallest absolute Gasteiger partial charge is 0.354 e. The lowest BCUT2D eigenvalue weighted by Gasteiger charge is -2.10. The lowest BCUT2D eigenvalue weighted by molar-refractivity contribution is -0.671. The number of halogens is 1. The number of nitriles is 1. The van der Waals surface area contributed by atoms with Crippen molar-refractivity contribution in [3.05, 3.63) is 93.6 Å². The molecule has 1 N–H and O–H groups in total. The molecular formula is C21H14ClN4O2+. The van der Waals surface area contributed by atoms with Gasteiger partial charge in [0, 0.05) is 17.8 Å². The van der Waals surface area contributed by atoms with Crippen LogP contribution in [0.15, 0.2) is 71.8 Å². The molecule has 0 saturated heterocycles. The average Bonchev–Trinajstić information content (AvgIpc) is 2.73. The van der Waals surface area contributed by atoms with E-state index in [4.69, 9.17) is 16.9 Å². The predicted molar refractivity (Wildman–Crippen MR) is 104 cm³/mol. The largest absolute Gasteiger partial charge is 0.477 e. The van der Waals surface area contributed by atoms with Gasteiger partial charge in [-0.2, -0.15) is 14.2 Å². The fraction of sp³-hybridized carbons (Fsp3) is 0.0476. The Balaban J connectivity index is 1.96. The van der Waals surface area contributed by atoms with Crippen LogP contribution in [-0.2, 0) is 6.54 Å². The maximum Gasteiger partial charge on any atom is 0.354 e. The van der Waals surface area contributed by atoms with Gasteiger partial charge in [0.2, 0.25) is 0 Å². The fourth-order valence-corrected chi connectivity index (χ4v) is 3.20. The van der Waals surface area contributed by atoms with E-state index in [9.17, 15) is 9.90 Å². The summed E-state index contributed by atoms with van der Waals surface area (Å²) in [5.41, 5.74) is 2.18. The average molecular weight is 390 g/mol. The van der Waals surface area contributed by atoms with Crippen molar-refractivity contribution in [2.24, 2.45) is 0 Å². The first-order chi connectivity index (χ1) is 13.6. The molecule has 0 aliphatic carbocycles. The Hall–Kier alpha value is -3.69. The first-order valence-corrected chi connectivity index (χ1v) is 8.83. The van der Waals surface area contributed by atoms with Crippen LogP contribution < -0.4 is 10.1 Å². The number of benzene rings is 1. The van der Waals surface area contributed by atoms with Gasteiger partial charge in [-0.25, -0.2) is 9.78 Å². The van der Waals surface area contributed by atoms with Crippen LogP contribution in [0.4, 0.5) is 0 Å². The predicted octanol–water partition coefficient (Wildman–Crippen LogP) is 2.93. The van der Waals surface area contributed by atoms with Crippen LogP contribution >= 0.6 is 11.6 Å². The molecule has 0 saturated carbocycles. The zero-order valence-electron chi connectivity index (χ0n) is 14.6. The fourth-order valence-electron chi connectivity index (χ4n) is 3.09. The highest BCUT2D eigenvalue weighted by atomic mass is 35.5. The van der Waals surface area contributed by atoms with Gasteiger partial charge in [0.15, 0.2) is 5.56 Å². The summed E-state index contributed by atoms with van der Waals surface area (Å²) < 4.78 is 3.12. The van der Waals surface area contributed by atoms with Crippen molar-refractivity contribution in [3.8, 4) is 23.1 Å². The molecule has 7 heteroatoms. The van der Waals surface area contributed by atoms with Gasteiger partial charge in [-0.15, -0.1) is 0 Å². The molecule has 0 spiro atoms. The highest BCUT2D eigenvalue weighted by Crippen LogP contribution is 2.24. The zero-order valence-corrected chi connectivity index (χ0v) is 15.3. The Morgan fingerprint density at radius 1 is 1.14 bits per heavy atom. The van der Waals surface area contributed by atoms with Crippen LogP contribution in [-0.4, -0.2) is 14.5 Å². The Morgan fingerprint density at radius 2 is 1.93 bits per heavy atom. The van der Waals surface area contributed by atoms with Crippen molar-refractivity contribution in [3.63, 3.8) is 0 Å². The molecule has 0 fully saturated rings. The van der Waals surface area contributed by atoms with Crippen LogP contribution in [0.1, 0.15) is 11.1 Å². The lowest BCUT2D eigenvalue weighted by Crippen LogP contribution is -2.41. The number of aromatic hydroxyl groups is 1. The minimum absolute atomic E-state index is 0.157. The molecule has 136 valence electrons. The van der Waals surface area contributed by atoms with Gasteiger partial charge >= 0.3 is 5.56 Å². The second kappa shape index (κ2) is 7.14. The summed E-state index contributed by atoms with van der Waals surface area (Å²) in [6, 6.07) is 17.4. The first-order valence-electron chi connectivity index (χ1n) is 8.45. The third kappa shape index (κ3) is 3.08. The van der Waals surface area contributed by atoms with E-state index >= 15 is 0 Å². The molecule has 3 heterocycles. The van der Waals surface area contributed by atoms with Crippen molar-refractivity contribution in [1.82, 2.24) is 9.38 Å². The summed E-state index contributed by atoms with van der Waals surface area (Å²) in [5, 5.41) is 20.4. The van der Waals surface area contributed by atoms with Crippen molar-refractivity contribution in [2.75, 3.05) is 0 Å². The summed E-state index contributed by atoms with van der Waals surface area (Å²) in [4.78, 5) is 17.1. The first kappa shape index (κ1) is 17.7. The number of hydrogen-bond acceptors (Lipinski definition) is 4. The second-order valence-corrected chi connectivity index (χ2v) is 6.58. The number of hydrogen-bond donors (Lipinski definition) is 1. The van der Waals surface area contributed by atoms with Crippen molar-refractivity contribution < 1.29 is 9.67 Å².